The Labute approximate surface area is 264 Å². The quantitative estimate of drug-likeness (QED) is 0.124. The van der Waals surface area contributed by atoms with E-state index >= 15 is 0 Å². The molecule has 45 heavy (non-hydrogen) atoms. The molecule has 2 saturated heterocycles. The summed E-state index contributed by atoms with van der Waals surface area (Å²) in [5, 5.41) is 18.2. The Hall–Kier alpha value is -3.10. The van der Waals surface area contributed by atoms with Crippen LogP contribution < -0.4 is 9.47 Å². The standard InChI is InChI=1S/C37H44O8/c1-37(2,35-21(19-7-9-27-31(13-19)44-27)17-29(23-15-25(23)35)42-11-3-5-33(38)39)36-22(20-8-10-28-32(14-20)45-28)18-30(24-16-26(24)36)43-12-4-6-34(40)41/h17-20,27-28,31-32H,3-16H2,1-2H3,(H,38,39)(H,40,41). The van der Waals surface area contributed by atoms with Crippen LogP contribution in [0.5, 0.6) is 11.5 Å². The third-order valence-corrected chi connectivity index (χ3v) is 11.3. The van der Waals surface area contributed by atoms with Gasteiger partial charge < -0.3 is 29.2 Å². The van der Waals surface area contributed by atoms with Gasteiger partial charge in [-0.25, -0.2) is 0 Å². The number of rotatable bonds is 14. The average Bonchev–Trinajstić information content (AvgIpc) is 3.81. The van der Waals surface area contributed by atoms with E-state index in [4.69, 9.17) is 29.2 Å². The molecule has 0 bridgehead atoms. The zero-order valence-corrected chi connectivity index (χ0v) is 26.4. The van der Waals surface area contributed by atoms with Gasteiger partial charge in [-0.2, -0.15) is 0 Å². The number of fused-ring (bicyclic) bond motifs is 4. The van der Waals surface area contributed by atoms with Crippen molar-refractivity contribution in [3.8, 4) is 11.5 Å². The van der Waals surface area contributed by atoms with E-state index in [2.05, 4.69) is 26.0 Å². The summed E-state index contributed by atoms with van der Waals surface area (Å²) in [6, 6.07) is 4.61. The fourth-order valence-electron chi connectivity index (χ4n) is 8.85. The van der Waals surface area contributed by atoms with Crippen molar-refractivity contribution in [2.75, 3.05) is 13.2 Å². The van der Waals surface area contributed by atoms with E-state index < -0.39 is 11.9 Å². The lowest BCUT2D eigenvalue weighted by Gasteiger charge is -2.36. The Morgan fingerprint density at radius 2 is 1.16 bits per heavy atom. The van der Waals surface area contributed by atoms with Crippen molar-refractivity contribution < 1.29 is 38.7 Å². The van der Waals surface area contributed by atoms with Crippen molar-refractivity contribution >= 4 is 11.9 Å². The molecule has 2 aromatic rings. The SMILES string of the molecule is CC(C)(c1c(C2CCC3OC3C2)cc(OCCCC(=O)O)c2c1C2)c1c(C2CCC3OC3C2)cc(OCCCC(=O)O)c2c1C2. The van der Waals surface area contributed by atoms with Gasteiger partial charge in [-0.15, -0.1) is 0 Å². The van der Waals surface area contributed by atoms with E-state index in [0.29, 0.717) is 62.3 Å². The molecule has 0 aromatic heterocycles. The highest BCUT2D eigenvalue weighted by molar-refractivity contribution is 5.71. The third-order valence-electron chi connectivity index (χ3n) is 11.3. The number of benzene rings is 2. The van der Waals surface area contributed by atoms with E-state index in [1.165, 1.54) is 44.5 Å². The molecule has 4 aliphatic carbocycles. The van der Waals surface area contributed by atoms with Gasteiger partial charge in [-0.1, -0.05) is 13.8 Å². The van der Waals surface area contributed by atoms with Crippen LogP contribution in [0.15, 0.2) is 12.1 Å². The van der Waals surface area contributed by atoms with Crippen molar-refractivity contribution in [2.45, 2.75) is 133 Å². The number of hydrogen-bond acceptors (Lipinski definition) is 6. The van der Waals surface area contributed by atoms with Gasteiger partial charge in [0.05, 0.1) is 37.6 Å². The molecular weight excluding hydrogens is 572 g/mol. The van der Waals surface area contributed by atoms with Crippen molar-refractivity contribution in [3.63, 3.8) is 0 Å². The van der Waals surface area contributed by atoms with Crippen molar-refractivity contribution in [3.05, 3.63) is 56.6 Å². The summed E-state index contributed by atoms with van der Waals surface area (Å²) in [4.78, 5) is 22.1. The van der Waals surface area contributed by atoms with Gasteiger partial charge >= 0.3 is 11.9 Å². The Kier molecular flexibility index (Phi) is 7.17. The molecule has 2 heterocycles. The first-order valence-electron chi connectivity index (χ1n) is 17.1. The summed E-state index contributed by atoms with van der Waals surface area (Å²) >= 11 is 0. The summed E-state index contributed by atoms with van der Waals surface area (Å²) in [5.41, 5.74) is 10.9. The number of epoxide rings is 2. The van der Waals surface area contributed by atoms with Crippen LogP contribution in [0, 0.1) is 0 Å². The summed E-state index contributed by atoms with van der Waals surface area (Å²) < 4.78 is 24.5. The number of ether oxygens (including phenoxy) is 4. The molecule has 6 atom stereocenters. The Balaban J connectivity index is 1.16. The van der Waals surface area contributed by atoms with Crippen LogP contribution in [0.3, 0.4) is 0 Å². The molecule has 4 fully saturated rings. The molecule has 0 amide bonds. The summed E-state index contributed by atoms with van der Waals surface area (Å²) in [7, 11) is 0. The zero-order valence-electron chi connectivity index (χ0n) is 26.4. The fourth-order valence-corrected chi connectivity index (χ4v) is 8.85. The van der Waals surface area contributed by atoms with Gasteiger partial charge in [0.2, 0.25) is 0 Å². The van der Waals surface area contributed by atoms with Crippen molar-refractivity contribution in [2.24, 2.45) is 0 Å². The highest BCUT2D eigenvalue weighted by Gasteiger charge is 2.50. The Morgan fingerprint density at radius 1 is 0.711 bits per heavy atom. The molecule has 6 aliphatic rings. The minimum Gasteiger partial charge on any atom is -0.493 e. The van der Waals surface area contributed by atoms with E-state index in [-0.39, 0.29) is 18.3 Å². The third kappa shape index (κ3) is 5.62. The number of carboxylic acid groups (broad SMARTS) is 2. The number of aliphatic carboxylic acids is 2. The van der Waals surface area contributed by atoms with Gasteiger partial charge in [-0.05, 0) is 109 Å². The number of hydrogen-bond donors (Lipinski definition) is 2. The topological polar surface area (TPSA) is 118 Å². The maximum atomic E-state index is 11.1. The first kappa shape index (κ1) is 29.3. The van der Waals surface area contributed by atoms with Crippen molar-refractivity contribution in [1.82, 2.24) is 0 Å². The van der Waals surface area contributed by atoms with Crippen LogP contribution in [0.25, 0.3) is 0 Å². The first-order valence-corrected chi connectivity index (χ1v) is 17.1. The lowest BCUT2D eigenvalue weighted by Crippen LogP contribution is -2.27. The molecule has 2 aromatic carbocycles. The molecule has 0 spiro atoms. The predicted molar refractivity (Wildman–Crippen MR) is 166 cm³/mol. The summed E-state index contributed by atoms with van der Waals surface area (Å²) in [6.07, 6.45) is 11.2. The molecule has 6 unspecified atom stereocenters. The monoisotopic (exact) mass is 616 g/mol. The van der Waals surface area contributed by atoms with E-state index in [9.17, 15) is 9.59 Å². The second-order valence-corrected chi connectivity index (χ2v) is 14.7. The molecule has 2 N–H and O–H groups in total. The van der Waals surface area contributed by atoms with E-state index in [1.54, 1.807) is 0 Å². The fraction of sp³-hybridized carbons (Fsp3) is 0.622. The van der Waals surface area contributed by atoms with Crippen molar-refractivity contribution in [1.29, 1.82) is 0 Å². The minimum absolute atomic E-state index is 0.115. The second kappa shape index (κ2) is 11.0. The lowest BCUT2D eigenvalue weighted by molar-refractivity contribution is -0.138. The highest BCUT2D eigenvalue weighted by Crippen LogP contribution is 2.58. The maximum absolute atomic E-state index is 11.1. The minimum atomic E-state index is -0.789. The van der Waals surface area contributed by atoms with Crippen LogP contribution in [0.1, 0.15) is 134 Å². The second-order valence-electron chi connectivity index (χ2n) is 14.7. The van der Waals surface area contributed by atoms with Crippen LogP contribution in [0.4, 0.5) is 0 Å². The van der Waals surface area contributed by atoms with Gasteiger partial charge in [0.1, 0.15) is 11.5 Å². The average molecular weight is 617 g/mol. The summed E-state index contributed by atoms with van der Waals surface area (Å²) in [5.74, 6) is 1.12. The molecule has 8 rings (SSSR count). The van der Waals surface area contributed by atoms with Crippen LogP contribution in [0.2, 0.25) is 0 Å². The lowest BCUT2D eigenvalue weighted by atomic mass is 9.68. The molecule has 2 aliphatic heterocycles. The molecule has 0 radical (unpaired) electrons. The predicted octanol–water partition coefficient (Wildman–Crippen LogP) is 6.38. The molecule has 240 valence electrons. The molecule has 2 saturated carbocycles. The molecular formula is C37H44O8. The Morgan fingerprint density at radius 3 is 1.56 bits per heavy atom. The van der Waals surface area contributed by atoms with Gasteiger partial charge in [0, 0.05) is 42.2 Å². The zero-order chi connectivity index (χ0) is 31.0. The van der Waals surface area contributed by atoms with Crippen LogP contribution >= 0.6 is 0 Å². The summed E-state index contributed by atoms with van der Waals surface area (Å²) in [6.45, 7) is 5.66. The van der Waals surface area contributed by atoms with Gasteiger partial charge in [0.25, 0.3) is 0 Å². The van der Waals surface area contributed by atoms with E-state index in [0.717, 1.165) is 62.9 Å². The maximum Gasteiger partial charge on any atom is 0.303 e. The molecule has 8 heteroatoms. The molecule has 8 nitrogen and oxygen atoms in total. The first-order chi connectivity index (χ1) is 21.7. The highest BCUT2D eigenvalue weighted by atomic mass is 16.6. The van der Waals surface area contributed by atoms with Crippen LogP contribution in [-0.2, 0) is 37.3 Å². The number of carbonyl (C=O) groups is 2. The van der Waals surface area contributed by atoms with Gasteiger partial charge in [-0.3, -0.25) is 9.59 Å². The number of carboxylic acids is 2. The largest absolute Gasteiger partial charge is 0.493 e. The van der Waals surface area contributed by atoms with E-state index in [1.807, 2.05) is 0 Å². The van der Waals surface area contributed by atoms with Gasteiger partial charge in [0.15, 0.2) is 0 Å². The van der Waals surface area contributed by atoms with Crippen LogP contribution in [-0.4, -0.2) is 59.8 Å². The normalized spacial score (nSPS) is 28.2. The smallest absolute Gasteiger partial charge is 0.303 e. The Bertz CT molecular complexity index is 1440.